The van der Waals surface area contributed by atoms with Gasteiger partial charge < -0.3 is 5.11 Å². The number of likely N-dealkylation sites (tertiary alicyclic amines) is 1. The van der Waals surface area contributed by atoms with Gasteiger partial charge in [0, 0.05) is 12.1 Å². The first-order valence-electron chi connectivity index (χ1n) is 4.84. The Morgan fingerprint density at radius 2 is 1.93 bits per heavy atom. The number of hydrogen-bond donors (Lipinski definition) is 1. The number of nitrogens with zero attached hydrogens (tertiary/aromatic N) is 1. The minimum absolute atomic E-state index is 0.0551. The standard InChI is InChI=1S/C9H16F3NO/c1-6(2)13-5-3-4-7(13)8(14)9(10,11)12/h6-8,14H,3-5H2,1-2H3/t7-,8-/m1/s1. The fourth-order valence-electron chi connectivity index (χ4n) is 2.01. The van der Waals surface area contributed by atoms with Crippen LogP contribution in [0.2, 0.25) is 0 Å². The van der Waals surface area contributed by atoms with Crippen molar-refractivity contribution in [3.63, 3.8) is 0 Å². The van der Waals surface area contributed by atoms with Crippen LogP contribution in [0.15, 0.2) is 0 Å². The fourth-order valence-corrected chi connectivity index (χ4v) is 2.01. The van der Waals surface area contributed by atoms with Crippen molar-refractivity contribution < 1.29 is 18.3 Å². The van der Waals surface area contributed by atoms with Crippen molar-refractivity contribution in [1.82, 2.24) is 4.90 Å². The molecule has 1 aliphatic heterocycles. The molecule has 2 nitrogen and oxygen atoms in total. The largest absolute Gasteiger partial charge is 0.415 e. The second-order valence-corrected chi connectivity index (χ2v) is 4.03. The third kappa shape index (κ3) is 2.39. The topological polar surface area (TPSA) is 23.5 Å². The summed E-state index contributed by atoms with van der Waals surface area (Å²) in [6.07, 6.45) is -5.54. The molecule has 0 aromatic rings. The Labute approximate surface area is 81.7 Å². The van der Waals surface area contributed by atoms with Crippen LogP contribution < -0.4 is 0 Å². The molecule has 84 valence electrons. The molecule has 5 heteroatoms. The van der Waals surface area contributed by atoms with Crippen LogP contribution in [0.3, 0.4) is 0 Å². The predicted molar refractivity (Wildman–Crippen MR) is 46.9 cm³/mol. The van der Waals surface area contributed by atoms with Gasteiger partial charge in [0.25, 0.3) is 0 Å². The van der Waals surface area contributed by atoms with Crippen LogP contribution in [0.5, 0.6) is 0 Å². The first kappa shape index (κ1) is 11.8. The van der Waals surface area contributed by atoms with Crippen molar-refractivity contribution in [3.05, 3.63) is 0 Å². The summed E-state index contributed by atoms with van der Waals surface area (Å²) in [4.78, 5) is 1.72. The van der Waals surface area contributed by atoms with Crippen LogP contribution in [0.4, 0.5) is 13.2 Å². The molecule has 0 aromatic carbocycles. The van der Waals surface area contributed by atoms with Crippen molar-refractivity contribution in [1.29, 1.82) is 0 Å². The van der Waals surface area contributed by atoms with E-state index in [4.69, 9.17) is 5.11 Å². The van der Waals surface area contributed by atoms with E-state index in [-0.39, 0.29) is 6.04 Å². The Balaban J connectivity index is 2.67. The van der Waals surface area contributed by atoms with E-state index in [1.807, 2.05) is 13.8 Å². The number of alkyl halides is 3. The lowest BCUT2D eigenvalue weighted by atomic mass is 10.1. The highest BCUT2D eigenvalue weighted by atomic mass is 19.4. The summed E-state index contributed by atoms with van der Waals surface area (Å²) >= 11 is 0. The summed E-state index contributed by atoms with van der Waals surface area (Å²) in [5.74, 6) is 0. The lowest BCUT2D eigenvalue weighted by Gasteiger charge is -2.32. The van der Waals surface area contributed by atoms with Gasteiger partial charge >= 0.3 is 6.18 Å². The maximum Gasteiger partial charge on any atom is 0.415 e. The molecule has 0 aliphatic carbocycles. The molecule has 1 rings (SSSR count). The molecule has 1 saturated heterocycles. The van der Waals surface area contributed by atoms with Gasteiger partial charge in [-0.05, 0) is 33.2 Å². The lowest BCUT2D eigenvalue weighted by molar-refractivity contribution is -0.220. The molecular formula is C9H16F3NO. The first-order valence-corrected chi connectivity index (χ1v) is 4.84. The third-order valence-corrected chi connectivity index (χ3v) is 2.71. The summed E-state index contributed by atoms with van der Waals surface area (Å²) in [6, 6.07) is -0.700. The molecule has 1 aliphatic rings. The van der Waals surface area contributed by atoms with Crippen molar-refractivity contribution in [3.8, 4) is 0 Å². The first-order chi connectivity index (χ1) is 6.34. The zero-order valence-corrected chi connectivity index (χ0v) is 8.38. The molecule has 1 fully saturated rings. The summed E-state index contributed by atoms with van der Waals surface area (Å²) < 4.78 is 36.8. The Morgan fingerprint density at radius 1 is 1.36 bits per heavy atom. The maximum absolute atomic E-state index is 12.3. The van der Waals surface area contributed by atoms with E-state index in [9.17, 15) is 13.2 Å². The normalized spacial score (nSPS) is 27.2. The average molecular weight is 211 g/mol. The summed E-state index contributed by atoms with van der Waals surface area (Å²) in [6.45, 7) is 4.35. The zero-order chi connectivity index (χ0) is 10.9. The summed E-state index contributed by atoms with van der Waals surface area (Å²) in [7, 11) is 0. The fraction of sp³-hybridized carbons (Fsp3) is 1.00. The van der Waals surface area contributed by atoms with Gasteiger partial charge in [-0.15, -0.1) is 0 Å². The van der Waals surface area contributed by atoms with Crippen LogP contribution in [-0.2, 0) is 0 Å². The van der Waals surface area contributed by atoms with Gasteiger partial charge in [-0.3, -0.25) is 4.90 Å². The molecule has 14 heavy (non-hydrogen) atoms. The highest BCUT2D eigenvalue weighted by Gasteiger charge is 2.47. The monoisotopic (exact) mass is 211 g/mol. The predicted octanol–water partition coefficient (Wildman–Crippen LogP) is 1.78. The second kappa shape index (κ2) is 4.06. The Hall–Kier alpha value is -0.290. The molecule has 0 spiro atoms. The molecule has 0 bridgehead atoms. The number of aliphatic hydroxyl groups is 1. The quantitative estimate of drug-likeness (QED) is 0.752. The van der Waals surface area contributed by atoms with Crippen molar-refractivity contribution in [2.24, 2.45) is 0 Å². The maximum atomic E-state index is 12.3. The van der Waals surface area contributed by atoms with Crippen LogP contribution >= 0.6 is 0 Å². The van der Waals surface area contributed by atoms with Crippen LogP contribution in [0, 0.1) is 0 Å². The average Bonchev–Trinajstić information content (AvgIpc) is 2.48. The van der Waals surface area contributed by atoms with Gasteiger partial charge in [-0.25, -0.2) is 0 Å². The van der Waals surface area contributed by atoms with Gasteiger partial charge in [-0.1, -0.05) is 0 Å². The molecule has 0 aromatic heterocycles. The van der Waals surface area contributed by atoms with Crippen LogP contribution in [-0.4, -0.2) is 40.9 Å². The number of halogens is 3. The third-order valence-electron chi connectivity index (χ3n) is 2.71. The SMILES string of the molecule is CC(C)N1CCC[C@@H]1[C@@H](O)C(F)(F)F. The minimum atomic E-state index is -4.50. The minimum Gasteiger partial charge on any atom is -0.382 e. The van der Waals surface area contributed by atoms with Crippen LogP contribution in [0.25, 0.3) is 0 Å². The number of hydrogen-bond acceptors (Lipinski definition) is 2. The summed E-state index contributed by atoms with van der Waals surface area (Å²) in [5, 5.41) is 9.14. The van der Waals surface area contributed by atoms with Crippen molar-refractivity contribution in [2.45, 2.75) is 51.1 Å². The molecule has 1 N–H and O–H groups in total. The van der Waals surface area contributed by atoms with E-state index in [1.165, 1.54) is 0 Å². The van der Waals surface area contributed by atoms with E-state index in [2.05, 4.69) is 0 Å². The molecule has 0 saturated carbocycles. The van der Waals surface area contributed by atoms with Gasteiger partial charge in [0.1, 0.15) is 0 Å². The van der Waals surface area contributed by atoms with Crippen LogP contribution in [0.1, 0.15) is 26.7 Å². The van der Waals surface area contributed by atoms with Gasteiger partial charge in [0.05, 0.1) is 0 Å². The highest BCUT2D eigenvalue weighted by molar-refractivity contribution is 4.89. The zero-order valence-electron chi connectivity index (χ0n) is 8.38. The van der Waals surface area contributed by atoms with E-state index < -0.39 is 18.3 Å². The Kier molecular flexibility index (Phi) is 3.42. The van der Waals surface area contributed by atoms with E-state index >= 15 is 0 Å². The Morgan fingerprint density at radius 3 is 2.36 bits per heavy atom. The summed E-state index contributed by atoms with van der Waals surface area (Å²) in [5.41, 5.74) is 0. The highest BCUT2D eigenvalue weighted by Crippen LogP contribution is 2.31. The Bertz CT molecular complexity index is 193. The van der Waals surface area contributed by atoms with Gasteiger partial charge in [0.2, 0.25) is 0 Å². The van der Waals surface area contributed by atoms with Crippen molar-refractivity contribution >= 4 is 0 Å². The van der Waals surface area contributed by atoms with Gasteiger partial charge in [-0.2, -0.15) is 13.2 Å². The van der Waals surface area contributed by atoms with E-state index in [1.54, 1.807) is 4.90 Å². The van der Waals surface area contributed by atoms with Crippen molar-refractivity contribution in [2.75, 3.05) is 6.54 Å². The lowest BCUT2D eigenvalue weighted by Crippen LogP contribution is -2.49. The number of rotatable bonds is 2. The number of aliphatic hydroxyl groups excluding tert-OH is 1. The smallest absolute Gasteiger partial charge is 0.382 e. The molecule has 0 radical (unpaired) electrons. The van der Waals surface area contributed by atoms with E-state index in [0.29, 0.717) is 13.0 Å². The van der Waals surface area contributed by atoms with E-state index in [0.717, 1.165) is 6.42 Å². The molecular weight excluding hydrogens is 195 g/mol. The molecule has 1 heterocycles. The molecule has 0 amide bonds. The second-order valence-electron chi connectivity index (χ2n) is 4.03. The molecule has 0 unspecified atom stereocenters. The molecule has 2 atom stereocenters. The van der Waals surface area contributed by atoms with Gasteiger partial charge in [0.15, 0.2) is 6.10 Å².